The van der Waals surface area contributed by atoms with Crippen LogP contribution in [0.4, 0.5) is 0 Å². The van der Waals surface area contributed by atoms with Crippen molar-refractivity contribution in [2.45, 2.75) is 12.6 Å². The second kappa shape index (κ2) is 7.73. The Morgan fingerprint density at radius 1 is 1.28 bits per heavy atom. The normalized spacial score (nSPS) is 11.8. The van der Waals surface area contributed by atoms with Crippen LogP contribution in [0.2, 0.25) is 0 Å². The Hall–Kier alpha value is -1.53. The van der Waals surface area contributed by atoms with E-state index in [1.54, 1.807) is 0 Å². The first kappa shape index (κ1) is 14.5. The van der Waals surface area contributed by atoms with E-state index in [0.29, 0.717) is 6.54 Å². The van der Waals surface area contributed by atoms with Crippen LogP contribution < -0.4 is 10.6 Å². The number of aliphatic carboxylic acids is 1. The molecule has 0 aliphatic rings. The van der Waals surface area contributed by atoms with Gasteiger partial charge in [0.2, 0.25) is 5.91 Å². The van der Waals surface area contributed by atoms with Crippen molar-refractivity contribution in [3.05, 3.63) is 35.9 Å². The molecular weight excluding hydrogens is 252 g/mol. The second-order valence-corrected chi connectivity index (χ2v) is 4.10. The van der Waals surface area contributed by atoms with Gasteiger partial charge in [-0.2, -0.15) is 12.6 Å². The van der Waals surface area contributed by atoms with E-state index in [0.717, 1.165) is 5.56 Å². The van der Waals surface area contributed by atoms with Crippen LogP contribution in [0.3, 0.4) is 0 Å². The first-order valence-corrected chi connectivity index (χ1v) is 6.14. The van der Waals surface area contributed by atoms with Gasteiger partial charge in [-0.25, -0.2) is 4.79 Å². The minimum atomic E-state index is -1.08. The third kappa shape index (κ3) is 5.20. The fraction of sp³-hybridized carbons (Fsp3) is 0.333. The highest BCUT2D eigenvalue weighted by molar-refractivity contribution is 7.80. The molecule has 0 saturated carbocycles. The fourth-order valence-electron chi connectivity index (χ4n) is 1.35. The molecule has 0 radical (unpaired) electrons. The molecule has 0 aromatic heterocycles. The summed E-state index contributed by atoms with van der Waals surface area (Å²) in [7, 11) is 0. The van der Waals surface area contributed by atoms with Gasteiger partial charge in [-0.1, -0.05) is 30.3 Å². The lowest BCUT2D eigenvalue weighted by atomic mass is 10.2. The number of benzene rings is 1. The Bertz CT molecular complexity index is 398. The third-order valence-electron chi connectivity index (χ3n) is 2.27. The van der Waals surface area contributed by atoms with E-state index in [9.17, 15) is 9.59 Å². The average molecular weight is 268 g/mol. The van der Waals surface area contributed by atoms with Gasteiger partial charge in [-0.3, -0.25) is 4.79 Å². The van der Waals surface area contributed by atoms with Crippen molar-refractivity contribution in [3.63, 3.8) is 0 Å². The van der Waals surface area contributed by atoms with Gasteiger partial charge in [0.15, 0.2) is 0 Å². The molecule has 1 aromatic carbocycles. The van der Waals surface area contributed by atoms with E-state index in [4.69, 9.17) is 5.11 Å². The van der Waals surface area contributed by atoms with Crippen LogP contribution in [-0.4, -0.2) is 35.3 Å². The molecule has 98 valence electrons. The number of hydrogen-bond donors (Lipinski definition) is 4. The molecule has 0 spiro atoms. The molecule has 0 aliphatic carbocycles. The van der Waals surface area contributed by atoms with E-state index in [1.165, 1.54) is 0 Å². The monoisotopic (exact) mass is 268 g/mol. The Kier molecular flexibility index (Phi) is 6.24. The van der Waals surface area contributed by atoms with Crippen molar-refractivity contribution in [2.24, 2.45) is 0 Å². The number of carboxylic acid groups (broad SMARTS) is 1. The van der Waals surface area contributed by atoms with Crippen LogP contribution in [0.15, 0.2) is 30.3 Å². The van der Waals surface area contributed by atoms with Crippen LogP contribution >= 0.6 is 12.6 Å². The van der Waals surface area contributed by atoms with E-state index < -0.39 is 12.0 Å². The lowest BCUT2D eigenvalue weighted by Crippen LogP contribution is -2.45. The minimum absolute atomic E-state index is 0.0692. The fourth-order valence-corrected chi connectivity index (χ4v) is 1.59. The number of thiol groups is 1. The molecule has 0 aliphatic heterocycles. The number of rotatable bonds is 7. The molecule has 1 rings (SSSR count). The summed E-state index contributed by atoms with van der Waals surface area (Å²) in [6.07, 6.45) is 0. The summed E-state index contributed by atoms with van der Waals surface area (Å²) in [5.74, 6) is -1.37. The number of nitrogens with one attached hydrogen (secondary N) is 2. The number of carbonyl (C=O) groups excluding carboxylic acids is 1. The first-order valence-electron chi connectivity index (χ1n) is 5.51. The van der Waals surface area contributed by atoms with Gasteiger partial charge in [0.25, 0.3) is 0 Å². The van der Waals surface area contributed by atoms with Crippen molar-refractivity contribution in [3.8, 4) is 0 Å². The molecule has 1 atom stereocenters. The largest absolute Gasteiger partial charge is 0.480 e. The highest BCUT2D eigenvalue weighted by atomic mass is 32.1. The molecule has 1 aromatic rings. The van der Waals surface area contributed by atoms with Gasteiger partial charge in [0, 0.05) is 12.3 Å². The molecule has 18 heavy (non-hydrogen) atoms. The Labute approximate surface area is 111 Å². The number of hydrogen-bond acceptors (Lipinski definition) is 4. The Morgan fingerprint density at radius 2 is 1.94 bits per heavy atom. The van der Waals surface area contributed by atoms with Crippen molar-refractivity contribution in [1.82, 2.24) is 10.6 Å². The SMILES string of the molecule is O=C(CNCc1ccccc1)NC(CS)C(=O)O. The molecule has 6 heteroatoms. The standard InChI is InChI=1S/C12H16N2O3S/c15-11(14-10(8-18)12(16)17)7-13-6-9-4-2-1-3-5-9/h1-5,10,13,18H,6-8H2,(H,14,15)(H,16,17). The molecule has 0 saturated heterocycles. The van der Waals surface area contributed by atoms with Crippen molar-refractivity contribution in [1.29, 1.82) is 0 Å². The minimum Gasteiger partial charge on any atom is -0.480 e. The molecule has 1 unspecified atom stereocenters. The predicted octanol–water partition coefficient (Wildman–Crippen LogP) is 0.275. The maximum Gasteiger partial charge on any atom is 0.327 e. The average Bonchev–Trinajstić information content (AvgIpc) is 2.37. The van der Waals surface area contributed by atoms with Crippen LogP contribution in [0, 0.1) is 0 Å². The summed E-state index contributed by atoms with van der Waals surface area (Å²) >= 11 is 3.86. The van der Waals surface area contributed by atoms with Gasteiger partial charge in [0.1, 0.15) is 6.04 Å². The smallest absolute Gasteiger partial charge is 0.327 e. The van der Waals surface area contributed by atoms with Crippen molar-refractivity contribution >= 4 is 24.5 Å². The maximum atomic E-state index is 11.4. The zero-order chi connectivity index (χ0) is 13.4. The molecular formula is C12H16N2O3S. The quantitative estimate of drug-likeness (QED) is 0.536. The van der Waals surface area contributed by atoms with Crippen LogP contribution in [0.25, 0.3) is 0 Å². The van der Waals surface area contributed by atoms with Gasteiger partial charge >= 0.3 is 5.97 Å². The number of amides is 1. The zero-order valence-electron chi connectivity index (χ0n) is 9.80. The van der Waals surface area contributed by atoms with E-state index in [1.807, 2.05) is 30.3 Å². The van der Waals surface area contributed by atoms with Crippen LogP contribution in [0.1, 0.15) is 5.56 Å². The summed E-state index contributed by atoms with van der Waals surface area (Å²) in [5.41, 5.74) is 1.06. The van der Waals surface area contributed by atoms with Gasteiger partial charge in [0.05, 0.1) is 6.54 Å². The highest BCUT2D eigenvalue weighted by Crippen LogP contribution is 1.96. The zero-order valence-corrected chi connectivity index (χ0v) is 10.7. The molecule has 1 amide bonds. The van der Waals surface area contributed by atoms with Gasteiger partial charge in [-0.05, 0) is 5.56 Å². The first-order chi connectivity index (χ1) is 8.63. The summed E-state index contributed by atoms with van der Waals surface area (Å²) in [6.45, 7) is 0.638. The van der Waals surface area contributed by atoms with E-state index in [-0.39, 0.29) is 18.2 Å². The molecule has 0 bridgehead atoms. The van der Waals surface area contributed by atoms with Crippen LogP contribution in [-0.2, 0) is 16.1 Å². The highest BCUT2D eigenvalue weighted by Gasteiger charge is 2.17. The summed E-state index contributed by atoms with van der Waals surface area (Å²) < 4.78 is 0. The van der Waals surface area contributed by atoms with Gasteiger partial charge < -0.3 is 15.7 Å². The molecule has 5 nitrogen and oxygen atoms in total. The van der Waals surface area contributed by atoms with Crippen molar-refractivity contribution < 1.29 is 14.7 Å². The van der Waals surface area contributed by atoms with E-state index >= 15 is 0 Å². The molecule has 3 N–H and O–H groups in total. The molecule has 0 fully saturated rings. The predicted molar refractivity (Wildman–Crippen MR) is 71.6 cm³/mol. The second-order valence-electron chi connectivity index (χ2n) is 3.73. The summed E-state index contributed by atoms with van der Waals surface area (Å²) in [5, 5.41) is 14.1. The third-order valence-corrected chi connectivity index (χ3v) is 2.64. The Morgan fingerprint density at radius 3 is 2.50 bits per heavy atom. The van der Waals surface area contributed by atoms with Gasteiger partial charge in [-0.15, -0.1) is 0 Å². The number of carbonyl (C=O) groups is 2. The van der Waals surface area contributed by atoms with Crippen molar-refractivity contribution in [2.75, 3.05) is 12.3 Å². The lowest BCUT2D eigenvalue weighted by Gasteiger charge is -2.12. The van der Waals surface area contributed by atoms with Crippen LogP contribution in [0.5, 0.6) is 0 Å². The summed E-state index contributed by atoms with van der Waals surface area (Å²) in [4.78, 5) is 22.1. The number of carboxylic acids is 1. The Balaban J connectivity index is 2.27. The topological polar surface area (TPSA) is 78.4 Å². The van der Waals surface area contributed by atoms with E-state index in [2.05, 4.69) is 23.3 Å². The summed E-state index contributed by atoms with van der Waals surface area (Å²) in [6, 6.07) is 8.69. The molecule has 0 heterocycles. The maximum absolute atomic E-state index is 11.4. The lowest BCUT2D eigenvalue weighted by molar-refractivity contribution is -0.140.